The second kappa shape index (κ2) is 8.30. The lowest BCUT2D eigenvalue weighted by atomic mass is 10.0. The number of nitrogens with one attached hydrogen (secondary N) is 1. The van der Waals surface area contributed by atoms with Crippen molar-refractivity contribution in [2.45, 2.75) is 6.92 Å². The van der Waals surface area contributed by atoms with E-state index in [0.717, 1.165) is 11.3 Å². The molecular formula is C21H21N5O2. The van der Waals surface area contributed by atoms with Gasteiger partial charge >= 0.3 is 0 Å². The summed E-state index contributed by atoms with van der Waals surface area (Å²) in [7, 11) is 3.29. The summed E-state index contributed by atoms with van der Waals surface area (Å²) in [5.74, 6) is 0.330. The van der Waals surface area contributed by atoms with Crippen molar-refractivity contribution < 1.29 is 9.53 Å². The van der Waals surface area contributed by atoms with E-state index in [1.54, 1.807) is 44.5 Å². The van der Waals surface area contributed by atoms with Crippen molar-refractivity contribution in [1.82, 2.24) is 20.4 Å². The first-order chi connectivity index (χ1) is 13.5. The molecule has 0 aliphatic heterocycles. The van der Waals surface area contributed by atoms with Gasteiger partial charge in [0.25, 0.3) is 5.91 Å². The average molecular weight is 375 g/mol. The van der Waals surface area contributed by atoms with Crippen LogP contribution in [0.15, 0.2) is 67.0 Å². The summed E-state index contributed by atoms with van der Waals surface area (Å²) in [5, 5.41) is 10.5. The van der Waals surface area contributed by atoms with Gasteiger partial charge in [-0.2, -0.15) is 15.4 Å². The first-order valence-electron chi connectivity index (χ1n) is 8.62. The largest absolute Gasteiger partial charge is 0.481 e. The summed E-state index contributed by atoms with van der Waals surface area (Å²) >= 11 is 0. The lowest BCUT2D eigenvalue weighted by Gasteiger charge is -2.18. The van der Waals surface area contributed by atoms with E-state index >= 15 is 0 Å². The molecule has 7 nitrogen and oxygen atoms in total. The molecule has 2 aromatic heterocycles. The number of ether oxygens (including phenoxy) is 1. The maximum Gasteiger partial charge on any atom is 0.253 e. The Hall–Kier alpha value is -3.74. The number of nitrogens with zero attached hydrogens (tertiary/aromatic N) is 4. The van der Waals surface area contributed by atoms with Crippen molar-refractivity contribution in [3.8, 4) is 17.1 Å². The van der Waals surface area contributed by atoms with Gasteiger partial charge in [0.1, 0.15) is 5.69 Å². The number of benzene rings is 1. The van der Waals surface area contributed by atoms with E-state index in [4.69, 9.17) is 4.74 Å². The fourth-order valence-corrected chi connectivity index (χ4v) is 2.75. The molecule has 1 amide bonds. The zero-order chi connectivity index (χ0) is 20.1. The minimum Gasteiger partial charge on any atom is -0.481 e. The Labute approximate surface area is 163 Å². The van der Waals surface area contributed by atoms with Gasteiger partial charge in [-0.25, -0.2) is 4.98 Å². The van der Waals surface area contributed by atoms with Crippen LogP contribution in [0.3, 0.4) is 0 Å². The number of anilines is 1. The zero-order valence-electron chi connectivity index (χ0n) is 16.0. The van der Waals surface area contributed by atoms with E-state index in [9.17, 15) is 4.79 Å². The van der Waals surface area contributed by atoms with Gasteiger partial charge in [-0.15, -0.1) is 0 Å². The highest BCUT2D eigenvalue weighted by atomic mass is 16.5. The Morgan fingerprint density at radius 2 is 2.00 bits per heavy atom. The van der Waals surface area contributed by atoms with Crippen LogP contribution in [0.4, 0.5) is 5.69 Å². The lowest BCUT2D eigenvalue weighted by molar-refractivity contribution is -0.114. The number of aromatic nitrogens is 4. The number of hydrogen-bond acceptors (Lipinski definition) is 5. The SMILES string of the molecule is C=C(/C=C(\C)C(=O)N(C)c1ccccc1)c1cnc(OC)c(-c2cn[nH]n2)c1. The summed E-state index contributed by atoms with van der Waals surface area (Å²) in [6.07, 6.45) is 4.99. The first-order valence-corrected chi connectivity index (χ1v) is 8.62. The van der Waals surface area contributed by atoms with Crippen molar-refractivity contribution in [1.29, 1.82) is 0 Å². The van der Waals surface area contributed by atoms with Crippen LogP contribution in [-0.2, 0) is 4.79 Å². The third kappa shape index (κ3) is 3.98. The summed E-state index contributed by atoms with van der Waals surface area (Å²) in [5.41, 5.74) is 4.11. The molecule has 0 aliphatic carbocycles. The molecule has 0 spiro atoms. The Morgan fingerprint density at radius 3 is 2.64 bits per heavy atom. The van der Waals surface area contributed by atoms with Crippen molar-refractivity contribution >= 4 is 17.2 Å². The van der Waals surface area contributed by atoms with E-state index in [1.165, 1.54) is 0 Å². The minimum atomic E-state index is -0.106. The van der Waals surface area contributed by atoms with Gasteiger partial charge in [0.2, 0.25) is 5.88 Å². The van der Waals surface area contributed by atoms with E-state index in [-0.39, 0.29) is 5.91 Å². The molecule has 1 N–H and O–H groups in total. The molecule has 0 radical (unpaired) electrons. The van der Waals surface area contributed by atoms with Crippen LogP contribution in [0.25, 0.3) is 16.8 Å². The summed E-state index contributed by atoms with van der Waals surface area (Å²) in [6, 6.07) is 11.3. The molecule has 28 heavy (non-hydrogen) atoms. The number of para-hydroxylation sites is 1. The number of rotatable bonds is 6. The monoisotopic (exact) mass is 375 g/mol. The molecule has 142 valence electrons. The summed E-state index contributed by atoms with van der Waals surface area (Å²) in [6.45, 7) is 5.85. The zero-order valence-corrected chi connectivity index (χ0v) is 16.0. The van der Waals surface area contributed by atoms with Gasteiger partial charge in [-0.1, -0.05) is 24.8 Å². The minimum absolute atomic E-state index is 0.106. The number of amides is 1. The third-order valence-electron chi connectivity index (χ3n) is 4.28. The van der Waals surface area contributed by atoms with E-state index in [2.05, 4.69) is 27.0 Å². The lowest BCUT2D eigenvalue weighted by Crippen LogP contribution is -2.26. The van der Waals surface area contributed by atoms with E-state index in [1.807, 2.05) is 36.4 Å². The van der Waals surface area contributed by atoms with Crippen molar-refractivity contribution in [2.24, 2.45) is 0 Å². The predicted molar refractivity (Wildman–Crippen MR) is 109 cm³/mol. The molecule has 0 saturated heterocycles. The van der Waals surface area contributed by atoms with Gasteiger partial charge in [0.15, 0.2) is 0 Å². The van der Waals surface area contributed by atoms with E-state index in [0.29, 0.717) is 28.3 Å². The number of aromatic amines is 1. The Kier molecular flexibility index (Phi) is 5.64. The highest BCUT2D eigenvalue weighted by Crippen LogP contribution is 2.29. The van der Waals surface area contributed by atoms with Crippen molar-refractivity contribution in [3.05, 3.63) is 72.6 Å². The molecule has 0 saturated carbocycles. The molecular weight excluding hydrogens is 354 g/mol. The topological polar surface area (TPSA) is 84.0 Å². The van der Waals surface area contributed by atoms with Crippen LogP contribution in [0.5, 0.6) is 5.88 Å². The summed E-state index contributed by atoms with van der Waals surface area (Å²) in [4.78, 5) is 18.6. The van der Waals surface area contributed by atoms with Gasteiger partial charge in [-0.05, 0) is 36.8 Å². The Morgan fingerprint density at radius 1 is 1.25 bits per heavy atom. The van der Waals surface area contributed by atoms with Crippen LogP contribution in [0, 0.1) is 0 Å². The van der Waals surface area contributed by atoms with Crippen LogP contribution >= 0.6 is 0 Å². The fourth-order valence-electron chi connectivity index (χ4n) is 2.75. The quantitative estimate of drug-likeness (QED) is 0.527. The molecule has 0 atom stereocenters. The molecule has 3 rings (SSSR count). The predicted octanol–water partition coefficient (Wildman–Crippen LogP) is 3.50. The number of carbonyl (C=O) groups is 1. The fraction of sp³-hybridized carbons (Fsp3) is 0.143. The van der Waals surface area contributed by atoms with Crippen LogP contribution in [-0.4, -0.2) is 40.5 Å². The standard InChI is InChI=1S/C21H21N5O2/c1-14(10-15(2)21(27)26(3)17-8-6-5-7-9-17)16-11-18(19-13-23-25-24-19)20(28-4)22-12-16/h5-13H,1H2,2-4H3,(H,23,24,25)/b15-10+. The number of pyridine rings is 1. The number of carbonyl (C=O) groups excluding carboxylic acids is 1. The smallest absolute Gasteiger partial charge is 0.253 e. The van der Waals surface area contributed by atoms with Gasteiger partial charge < -0.3 is 9.64 Å². The van der Waals surface area contributed by atoms with Crippen molar-refractivity contribution in [2.75, 3.05) is 19.1 Å². The molecule has 0 bridgehead atoms. The molecule has 0 fully saturated rings. The normalized spacial score (nSPS) is 11.2. The number of H-pyrrole nitrogens is 1. The Bertz CT molecular complexity index is 1010. The molecule has 0 unspecified atom stereocenters. The Balaban J connectivity index is 1.85. The third-order valence-corrected chi connectivity index (χ3v) is 4.28. The molecule has 3 aromatic rings. The van der Waals surface area contributed by atoms with Crippen LogP contribution in [0.2, 0.25) is 0 Å². The van der Waals surface area contributed by atoms with Gasteiger partial charge in [0.05, 0.1) is 18.9 Å². The second-order valence-electron chi connectivity index (χ2n) is 6.19. The number of hydrogen-bond donors (Lipinski definition) is 1. The average Bonchev–Trinajstić information content (AvgIpc) is 3.27. The second-order valence-corrected chi connectivity index (χ2v) is 6.19. The summed E-state index contributed by atoms with van der Waals surface area (Å²) < 4.78 is 5.31. The number of likely N-dealkylation sites (N-methyl/N-ethyl adjacent to an activating group) is 1. The highest BCUT2D eigenvalue weighted by Gasteiger charge is 2.15. The highest BCUT2D eigenvalue weighted by molar-refractivity contribution is 6.06. The first kappa shape index (κ1) is 19.0. The molecule has 0 aliphatic rings. The van der Waals surface area contributed by atoms with E-state index < -0.39 is 0 Å². The number of methoxy groups -OCH3 is 1. The maximum absolute atomic E-state index is 12.7. The number of allylic oxidation sites excluding steroid dienone is 2. The molecule has 1 aromatic carbocycles. The van der Waals surface area contributed by atoms with Gasteiger partial charge in [-0.3, -0.25) is 4.79 Å². The van der Waals surface area contributed by atoms with Crippen LogP contribution in [0.1, 0.15) is 12.5 Å². The molecule has 7 heteroatoms. The molecule has 2 heterocycles. The van der Waals surface area contributed by atoms with Crippen molar-refractivity contribution in [3.63, 3.8) is 0 Å². The van der Waals surface area contributed by atoms with Crippen LogP contribution < -0.4 is 9.64 Å². The maximum atomic E-state index is 12.7. The van der Waals surface area contributed by atoms with Gasteiger partial charge in [0, 0.05) is 30.1 Å².